The Morgan fingerprint density at radius 1 is 0.149 bits per heavy atom. The molecule has 0 aromatic heterocycles. The van der Waals surface area contributed by atoms with Crippen LogP contribution in [-0.4, -0.2) is 0 Å². The lowest BCUT2D eigenvalue weighted by atomic mass is 9.71. The third-order valence-electron chi connectivity index (χ3n) is 19.0. The van der Waals surface area contributed by atoms with Crippen LogP contribution in [0, 0.1) is 11.8 Å². The Morgan fingerprint density at radius 2 is 0.319 bits per heavy atom. The molecule has 0 unspecified atom stereocenters. The second-order valence-corrected chi connectivity index (χ2v) is 25.8. The van der Waals surface area contributed by atoms with Gasteiger partial charge in [0.15, 0.2) is 0 Å². The predicted molar refractivity (Wildman–Crippen MR) is 702 cm³/mol. The molecule has 17 rings (SSSR count). The highest BCUT2D eigenvalue weighted by Gasteiger charge is 2.27. The Kier molecular flexibility index (Phi) is 311. The van der Waals surface area contributed by atoms with Gasteiger partial charge in [-0.3, -0.25) is 0 Å². The lowest BCUT2D eigenvalue weighted by molar-refractivity contribution is 0.171. The highest BCUT2D eigenvalue weighted by atomic mass is 14.3. The summed E-state index contributed by atoms with van der Waals surface area (Å²) in [6.07, 6.45) is 81.1. The molecule has 0 saturated heterocycles. The average molecular weight is 1980 g/mol. The molecule has 4 fully saturated rings. The summed E-state index contributed by atoms with van der Waals surface area (Å²) in [4.78, 5) is 0. The number of fused-ring (bicyclic) bond motifs is 6. The van der Waals surface area contributed by atoms with Gasteiger partial charge in [-0.1, -0.05) is 719 Å². The van der Waals surface area contributed by atoms with Gasteiger partial charge < -0.3 is 0 Å². The molecule has 6 aromatic carbocycles. The zero-order chi connectivity index (χ0) is 104. The Labute approximate surface area is 908 Å². The van der Waals surface area contributed by atoms with Crippen LogP contribution in [0.25, 0.3) is 16.8 Å². The highest BCUT2D eigenvalue weighted by Crippen LogP contribution is 2.40. The van der Waals surface area contributed by atoms with Crippen molar-refractivity contribution in [2.75, 3.05) is 0 Å². The van der Waals surface area contributed by atoms with E-state index in [1.54, 1.807) is 59.1 Å². The predicted octanol–water partition coefficient (Wildman–Crippen LogP) is 54.9. The third kappa shape index (κ3) is 140. The number of hydrogen-bond acceptors (Lipinski definition) is 0. The van der Waals surface area contributed by atoms with Crippen LogP contribution >= 0.6 is 0 Å². The summed E-state index contributed by atoms with van der Waals surface area (Å²) in [5.41, 5.74) is 12.3. The van der Waals surface area contributed by atoms with Crippen molar-refractivity contribution < 1.29 is 0 Å². The molecule has 852 valence electrons. The molecule has 0 heterocycles. The molecule has 11 aliphatic carbocycles. The van der Waals surface area contributed by atoms with E-state index in [2.05, 4.69) is 219 Å². The molecular weight excluding hydrogens is 1690 g/mol. The minimum atomic E-state index is 0. The fourth-order valence-corrected chi connectivity index (χ4v) is 13.8. The minimum absolute atomic E-state index is 0. The van der Waals surface area contributed by atoms with E-state index in [-0.39, 0.29) is 74.3 Å². The second-order valence-electron chi connectivity index (χ2n) is 25.8. The van der Waals surface area contributed by atoms with Gasteiger partial charge in [0.25, 0.3) is 0 Å². The summed E-state index contributed by atoms with van der Waals surface area (Å²) >= 11 is 0. The van der Waals surface area contributed by atoms with Gasteiger partial charge in [-0.25, -0.2) is 0 Å². The van der Waals surface area contributed by atoms with Crippen LogP contribution in [-0.2, 0) is 44.9 Å². The first-order chi connectivity index (χ1) is 65.3. The molecule has 0 N–H and O–H groups in total. The van der Waals surface area contributed by atoms with E-state index in [0.29, 0.717) is 0 Å². The van der Waals surface area contributed by atoms with Gasteiger partial charge in [0.05, 0.1) is 0 Å². The van der Waals surface area contributed by atoms with Gasteiger partial charge in [-0.05, 0) is 196 Å². The fraction of sp³-hybridized carbons (Fsp3) is 0.674. The number of allylic oxidation sites excluding steroid dienone is 11. The summed E-state index contributed by atoms with van der Waals surface area (Å²) in [7, 11) is 0. The Morgan fingerprint density at radius 3 is 0.482 bits per heavy atom. The van der Waals surface area contributed by atoms with Gasteiger partial charge in [-0.15, -0.1) is 0 Å². The number of aryl methyl sites for hydroxylation is 6. The molecule has 0 radical (unpaired) electrons. The smallest absolute Gasteiger partial charge is 0.00882 e. The van der Waals surface area contributed by atoms with Crippen molar-refractivity contribution in [3.05, 3.63) is 257 Å². The maximum absolute atomic E-state index is 2.27. The third-order valence-corrected chi connectivity index (χ3v) is 19.0. The maximum Gasteiger partial charge on any atom is -0.00882 e. The monoisotopic (exact) mass is 1980 g/mol. The van der Waals surface area contributed by atoms with Crippen molar-refractivity contribution in [1.82, 2.24) is 0 Å². The highest BCUT2D eigenvalue weighted by molar-refractivity contribution is 5.82. The number of hydrogen-bond donors (Lipinski definition) is 0. The molecule has 0 aliphatic heterocycles. The van der Waals surface area contributed by atoms with E-state index in [4.69, 9.17) is 0 Å². The molecule has 11 aliphatic rings. The summed E-state index contributed by atoms with van der Waals surface area (Å²) in [6, 6.07) is 51.5. The van der Waals surface area contributed by atoms with E-state index >= 15 is 0 Å². The second kappa shape index (κ2) is 215. The maximum atomic E-state index is 2.27. The van der Waals surface area contributed by atoms with Crippen molar-refractivity contribution in [3.63, 3.8) is 0 Å². The van der Waals surface area contributed by atoms with Crippen molar-refractivity contribution in [2.24, 2.45) is 11.8 Å². The van der Waals surface area contributed by atoms with E-state index in [0.717, 1.165) is 18.3 Å². The Hall–Kier alpha value is -5.98. The average Bonchev–Trinajstić information content (AvgIpc) is 1.66. The first kappa shape index (κ1) is 204. The van der Waals surface area contributed by atoms with Gasteiger partial charge in [0, 0.05) is 0 Å². The summed E-state index contributed by atoms with van der Waals surface area (Å²) in [5, 5.41) is 2.62. The molecule has 0 bridgehead atoms. The van der Waals surface area contributed by atoms with Crippen LogP contribution < -0.4 is 0 Å². The lowest BCUT2D eigenvalue weighted by Gasteiger charge is -2.35. The molecule has 0 heteroatoms. The van der Waals surface area contributed by atoms with Crippen LogP contribution in [0.1, 0.15) is 629 Å². The zero-order valence-electron chi connectivity index (χ0n) is 98.5. The molecular formula is C141H288. The van der Waals surface area contributed by atoms with Crippen LogP contribution in [0.4, 0.5) is 0 Å². The first-order valence-electron chi connectivity index (χ1n) is 58.0. The van der Waals surface area contributed by atoms with Crippen molar-refractivity contribution in [1.29, 1.82) is 0 Å². The van der Waals surface area contributed by atoms with Crippen LogP contribution in [0.3, 0.4) is 0 Å². The van der Waals surface area contributed by atoms with E-state index in [1.807, 2.05) is 305 Å². The standard InChI is InChI=1S/C10H18.2C10H12.C10H8.C9H10.C9H8.C6H12.C6H10.2C6H8.C5H10.22C2H6.10CH4/c4*1-2-6-10-8-4-3-7-9(10)5-1;2*1-2-5-9-7-3-6-8(9)4-1;4*1-2-4-6-5-3-1;1-2-4-5-3-1;22*1-2;;;;;;;;;;/h9-10H,1-8H2;2*1-2,5-6H,3-4,7-8H2;1-8H;1-2,4-5H,3,6-7H2;1-6H,7H2;1-6H2;1-2H,3-6H2;2*1-4H,5-6H2;1-5H2;22*1-2H3;10*1H4. The van der Waals surface area contributed by atoms with Crippen molar-refractivity contribution >= 4 is 16.8 Å². The Bertz CT molecular complexity index is 2590. The first-order valence-corrected chi connectivity index (χ1v) is 58.0. The summed E-state index contributed by atoms with van der Waals surface area (Å²) < 4.78 is 0. The fourth-order valence-electron chi connectivity index (χ4n) is 13.8. The summed E-state index contributed by atoms with van der Waals surface area (Å²) in [6.45, 7) is 88.0. The normalized spacial score (nSPS) is 13.1. The van der Waals surface area contributed by atoms with Crippen molar-refractivity contribution in [2.45, 2.75) is 629 Å². The molecule has 4 saturated carbocycles. The number of rotatable bonds is 0. The van der Waals surface area contributed by atoms with Crippen LogP contribution in [0.5, 0.6) is 0 Å². The Balaban J connectivity index is -0.0000000412. The number of benzene rings is 6. The molecule has 6 aromatic rings. The zero-order valence-corrected chi connectivity index (χ0v) is 98.5. The van der Waals surface area contributed by atoms with E-state index in [9.17, 15) is 0 Å². The van der Waals surface area contributed by atoms with Crippen molar-refractivity contribution in [3.8, 4) is 0 Å². The van der Waals surface area contributed by atoms with Gasteiger partial charge in [0.1, 0.15) is 0 Å². The SMILES string of the molecule is C.C.C.C.C.C.C.C.C.C.C1=CCCC=C1.C1=CCCC=C1.C1=CCCCC1.C1=Cc2ccccc2C1.C1CCC2CCCCC2C1.C1CCCC1.C1CCCCC1.CC.CC.CC.CC.CC.CC.CC.CC.CC.CC.CC.CC.CC.CC.CC.CC.CC.CC.CC.CC.CC.CC.c1ccc2c(c1)CCC2.c1ccc2c(c1)CCCC2.c1ccc2c(c1)CCCC2.c1ccc2ccccc2c1. The van der Waals surface area contributed by atoms with Gasteiger partial charge in [-0.2, -0.15) is 0 Å². The molecule has 0 amide bonds. The van der Waals surface area contributed by atoms with Crippen LogP contribution in [0.15, 0.2) is 212 Å². The van der Waals surface area contributed by atoms with Gasteiger partial charge in [0.2, 0.25) is 0 Å². The largest absolute Gasteiger partial charge is 0.0885 e. The molecule has 0 spiro atoms. The molecule has 141 heavy (non-hydrogen) atoms. The van der Waals surface area contributed by atoms with Gasteiger partial charge >= 0.3 is 0 Å². The minimum Gasteiger partial charge on any atom is -0.0885 e. The van der Waals surface area contributed by atoms with E-state index in [1.165, 1.54) is 240 Å². The lowest BCUT2D eigenvalue weighted by Crippen LogP contribution is -2.22. The van der Waals surface area contributed by atoms with Crippen LogP contribution in [0.2, 0.25) is 0 Å². The molecule has 0 atom stereocenters. The summed E-state index contributed by atoms with van der Waals surface area (Å²) in [5.74, 6) is 2.31. The molecule has 0 nitrogen and oxygen atoms in total. The topological polar surface area (TPSA) is 0 Å². The van der Waals surface area contributed by atoms with E-state index < -0.39 is 0 Å². The quantitative estimate of drug-likeness (QED) is 0.133.